The minimum Gasteiger partial charge on any atom is -0.384 e. The number of nitrogens with zero attached hydrogens (tertiary/aromatic N) is 3. The molecule has 0 radical (unpaired) electrons. The fourth-order valence-corrected chi connectivity index (χ4v) is 5.64. The number of aromatic nitrogens is 3. The van der Waals surface area contributed by atoms with Crippen LogP contribution in [0.1, 0.15) is 18.4 Å². The largest absolute Gasteiger partial charge is 0.384 e. The topological polar surface area (TPSA) is 100 Å². The first-order valence-corrected chi connectivity index (χ1v) is 11.4. The predicted octanol–water partition coefficient (Wildman–Crippen LogP) is 3.49. The van der Waals surface area contributed by atoms with Crippen molar-refractivity contribution in [2.45, 2.75) is 42.2 Å². The van der Waals surface area contributed by atoms with E-state index in [1.807, 2.05) is 37.3 Å². The number of para-hydroxylation sites is 2. The lowest BCUT2D eigenvalue weighted by Crippen LogP contribution is -2.17. The quantitative estimate of drug-likeness (QED) is 0.540. The second-order valence-electron chi connectivity index (χ2n) is 7.66. The first-order chi connectivity index (χ1) is 14.4. The molecule has 2 N–H and O–H groups in total. The fourth-order valence-electron chi connectivity index (χ4n) is 4.03. The van der Waals surface area contributed by atoms with Gasteiger partial charge in [0.05, 0.1) is 28.6 Å². The van der Waals surface area contributed by atoms with Crippen LogP contribution in [-0.2, 0) is 21.1 Å². The van der Waals surface area contributed by atoms with Gasteiger partial charge in [-0.15, -0.1) is 0 Å². The summed E-state index contributed by atoms with van der Waals surface area (Å²) >= 11 is 0. The van der Waals surface area contributed by atoms with E-state index in [-0.39, 0.29) is 21.7 Å². The lowest BCUT2D eigenvalue weighted by atomic mass is 10.2. The average molecular weight is 423 g/mol. The standard InChI is InChI=1S/C22H22N4O3S/c1-14-6-4-8-16(12-14)30(27,28)20-19-22(25-18-10-3-2-9-17(18)24-19)26(21(20)23)13-15-7-5-11-29-15/h2-4,6,8-10,12,15H,5,7,11,13,23H2,1H3. The van der Waals surface area contributed by atoms with Gasteiger partial charge >= 0.3 is 0 Å². The van der Waals surface area contributed by atoms with Crippen molar-refractivity contribution < 1.29 is 13.2 Å². The van der Waals surface area contributed by atoms with E-state index >= 15 is 0 Å². The molecular formula is C22H22N4O3S. The highest BCUT2D eigenvalue weighted by Crippen LogP contribution is 2.36. The fraction of sp³-hybridized carbons (Fsp3) is 0.273. The molecule has 2 aromatic carbocycles. The molecule has 8 heteroatoms. The number of ether oxygens (including phenoxy) is 1. The normalized spacial score (nSPS) is 17.2. The van der Waals surface area contributed by atoms with E-state index in [0.29, 0.717) is 35.3 Å². The van der Waals surface area contributed by atoms with Crippen LogP contribution < -0.4 is 5.73 Å². The summed E-state index contributed by atoms with van der Waals surface area (Å²) in [5, 5.41) is 0. The minimum atomic E-state index is -3.89. The average Bonchev–Trinajstić information content (AvgIpc) is 3.33. The Labute approximate surface area is 174 Å². The van der Waals surface area contributed by atoms with Crippen LogP contribution in [0, 0.1) is 6.92 Å². The molecule has 0 saturated carbocycles. The molecule has 2 aromatic heterocycles. The summed E-state index contributed by atoms with van der Waals surface area (Å²) in [6, 6.07) is 14.2. The number of nitrogens with two attached hydrogens (primary N) is 1. The predicted molar refractivity (Wildman–Crippen MR) is 115 cm³/mol. The molecule has 1 atom stereocenters. The third-order valence-corrected chi connectivity index (χ3v) is 7.34. The number of hydrogen-bond donors (Lipinski definition) is 1. The maximum atomic E-state index is 13.6. The van der Waals surface area contributed by atoms with E-state index in [2.05, 4.69) is 4.98 Å². The Bertz CT molecular complexity index is 1370. The van der Waals surface area contributed by atoms with E-state index < -0.39 is 9.84 Å². The molecule has 7 nitrogen and oxygen atoms in total. The highest BCUT2D eigenvalue weighted by atomic mass is 32.2. The van der Waals surface area contributed by atoms with Crippen molar-refractivity contribution in [2.24, 2.45) is 0 Å². The number of aryl methyl sites for hydroxylation is 1. The van der Waals surface area contributed by atoms with Crippen molar-refractivity contribution in [3.8, 4) is 0 Å². The SMILES string of the molecule is Cc1cccc(S(=O)(=O)c2c(N)n(CC3CCCO3)c3nc4ccccc4nc23)c1. The molecule has 4 aromatic rings. The van der Waals surface area contributed by atoms with Gasteiger partial charge in [0.15, 0.2) is 5.65 Å². The molecule has 3 heterocycles. The van der Waals surface area contributed by atoms with Crippen molar-refractivity contribution >= 4 is 37.9 Å². The number of rotatable bonds is 4. The van der Waals surface area contributed by atoms with Crippen molar-refractivity contribution in [3.05, 3.63) is 54.1 Å². The third kappa shape index (κ3) is 3.03. The van der Waals surface area contributed by atoms with Crippen LogP contribution in [0.25, 0.3) is 22.2 Å². The van der Waals surface area contributed by atoms with E-state index in [0.717, 1.165) is 18.4 Å². The van der Waals surface area contributed by atoms with Crippen LogP contribution in [0.4, 0.5) is 5.82 Å². The Balaban J connectivity index is 1.80. The first kappa shape index (κ1) is 19.0. The summed E-state index contributed by atoms with van der Waals surface area (Å²) in [6.45, 7) is 3.00. The van der Waals surface area contributed by atoms with E-state index in [4.69, 9.17) is 15.5 Å². The molecule has 0 amide bonds. The van der Waals surface area contributed by atoms with E-state index in [1.54, 1.807) is 22.8 Å². The summed E-state index contributed by atoms with van der Waals surface area (Å²) in [5.74, 6) is 0.150. The molecule has 1 unspecified atom stereocenters. The van der Waals surface area contributed by atoms with Crippen LogP contribution in [0.3, 0.4) is 0 Å². The van der Waals surface area contributed by atoms with Crippen LogP contribution in [-0.4, -0.2) is 35.7 Å². The third-order valence-electron chi connectivity index (χ3n) is 5.53. The van der Waals surface area contributed by atoms with Crippen molar-refractivity contribution in [1.82, 2.24) is 14.5 Å². The number of fused-ring (bicyclic) bond motifs is 2. The Morgan fingerprint density at radius 1 is 1.13 bits per heavy atom. The van der Waals surface area contributed by atoms with Gasteiger partial charge in [-0.1, -0.05) is 24.3 Å². The monoisotopic (exact) mass is 422 g/mol. The zero-order valence-corrected chi connectivity index (χ0v) is 17.4. The molecule has 0 spiro atoms. The molecule has 1 aliphatic heterocycles. The van der Waals surface area contributed by atoms with Gasteiger partial charge in [-0.3, -0.25) is 0 Å². The van der Waals surface area contributed by atoms with Gasteiger partial charge in [0, 0.05) is 6.61 Å². The Morgan fingerprint density at radius 2 is 1.90 bits per heavy atom. The maximum absolute atomic E-state index is 13.6. The van der Waals surface area contributed by atoms with Crippen LogP contribution in [0.2, 0.25) is 0 Å². The highest BCUT2D eigenvalue weighted by Gasteiger charge is 2.31. The number of hydrogen-bond acceptors (Lipinski definition) is 6. The summed E-state index contributed by atoms with van der Waals surface area (Å²) in [5.41, 5.74) is 9.40. The molecule has 1 aliphatic rings. The maximum Gasteiger partial charge on any atom is 0.212 e. The number of anilines is 1. The van der Waals surface area contributed by atoms with Gasteiger partial charge in [0.1, 0.15) is 16.2 Å². The lowest BCUT2D eigenvalue weighted by Gasteiger charge is -2.13. The zero-order valence-electron chi connectivity index (χ0n) is 16.6. The van der Waals surface area contributed by atoms with E-state index in [1.165, 1.54) is 0 Å². The van der Waals surface area contributed by atoms with Gasteiger partial charge in [-0.25, -0.2) is 18.4 Å². The van der Waals surface area contributed by atoms with Crippen molar-refractivity contribution in [1.29, 1.82) is 0 Å². The molecule has 0 bridgehead atoms. The van der Waals surface area contributed by atoms with Gasteiger partial charge in [0.2, 0.25) is 9.84 Å². The van der Waals surface area contributed by atoms with Gasteiger partial charge in [0.25, 0.3) is 0 Å². The number of benzene rings is 2. The van der Waals surface area contributed by atoms with Crippen LogP contribution >= 0.6 is 0 Å². The lowest BCUT2D eigenvalue weighted by molar-refractivity contribution is 0.0983. The van der Waals surface area contributed by atoms with Gasteiger partial charge < -0.3 is 15.0 Å². The Hall–Kier alpha value is -2.97. The molecular weight excluding hydrogens is 400 g/mol. The summed E-state index contributed by atoms with van der Waals surface area (Å²) in [7, 11) is -3.89. The molecule has 1 fully saturated rings. The molecule has 5 rings (SSSR count). The Kier molecular flexibility index (Phi) is 4.48. The molecule has 1 saturated heterocycles. The molecule has 30 heavy (non-hydrogen) atoms. The summed E-state index contributed by atoms with van der Waals surface area (Å²) in [4.78, 5) is 9.60. The van der Waals surface area contributed by atoms with Gasteiger partial charge in [-0.05, 0) is 49.6 Å². The smallest absolute Gasteiger partial charge is 0.212 e. The minimum absolute atomic E-state index is 0.0133. The highest BCUT2D eigenvalue weighted by molar-refractivity contribution is 7.92. The number of sulfone groups is 1. The van der Waals surface area contributed by atoms with Crippen LogP contribution in [0.15, 0.2) is 58.3 Å². The zero-order chi connectivity index (χ0) is 20.9. The second kappa shape index (κ2) is 7.07. The van der Waals surface area contributed by atoms with Crippen molar-refractivity contribution in [3.63, 3.8) is 0 Å². The Morgan fingerprint density at radius 3 is 2.60 bits per heavy atom. The summed E-state index contributed by atoms with van der Waals surface area (Å²) in [6.07, 6.45) is 1.86. The summed E-state index contributed by atoms with van der Waals surface area (Å²) < 4.78 is 34.7. The number of nitrogen functional groups attached to an aromatic ring is 1. The van der Waals surface area contributed by atoms with Crippen molar-refractivity contribution in [2.75, 3.05) is 12.3 Å². The van der Waals surface area contributed by atoms with Crippen LogP contribution in [0.5, 0.6) is 0 Å². The van der Waals surface area contributed by atoms with Gasteiger partial charge in [-0.2, -0.15) is 0 Å². The first-order valence-electron chi connectivity index (χ1n) is 9.93. The van der Waals surface area contributed by atoms with E-state index in [9.17, 15) is 8.42 Å². The second-order valence-corrected chi connectivity index (χ2v) is 9.55. The molecule has 154 valence electrons. The molecule has 0 aliphatic carbocycles.